The van der Waals surface area contributed by atoms with Crippen LogP contribution in [0, 0.1) is 6.92 Å². The number of oxazole rings is 1. The summed E-state index contributed by atoms with van der Waals surface area (Å²) in [5.74, 6) is 1.77. The fourth-order valence-electron chi connectivity index (χ4n) is 1.99. The Morgan fingerprint density at radius 1 is 1.37 bits per heavy atom. The number of methoxy groups -OCH3 is 1. The van der Waals surface area contributed by atoms with Gasteiger partial charge in [0.25, 0.3) is 0 Å². The number of aromatic nitrogens is 1. The van der Waals surface area contributed by atoms with Crippen LogP contribution in [-0.4, -0.2) is 18.4 Å². The summed E-state index contributed by atoms with van der Waals surface area (Å²) in [5, 5.41) is 0. The number of aldehydes is 1. The first-order valence-electron chi connectivity index (χ1n) is 6.17. The Morgan fingerprint density at radius 3 is 2.68 bits per heavy atom. The number of nitrogens with zero attached hydrogens (tertiary/aromatic N) is 1. The van der Waals surface area contributed by atoms with Gasteiger partial charge in [0, 0.05) is 12.5 Å². The van der Waals surface area contributed by atoms with Gasteiger partial charge in [-0.2, -0.15) is 0 Å². The van der Waals surface area contributed by atoms with Gasteiger partial charge in [0.05, 0.1) is 7.11 Å². The molecule has 0 spiro atoms. The molecule has 2 aromatic rings. The van der Waals surface area contributed by atoms with E-state index in [9.17, 15) is 4.79 Å². The lowest BCUT2D eigenvalue weighted by molar-refractivity contribution is 0.110. The number of hydrogen-bond acceptors (Lipinski definition) is 4. The number of carbonyl (C=O) groups excluding carboxylic acids is 1. The van der Waals surface area contributed by atoms with Crippen LogP contribution in [0.15, 0.2) is 22.6 Å². The van der Waals surface area contributed by atoms with E-state index >= 15 is 0 Å². The Balaban J connectivity index is 2.64. The number of ether oxygens (including phenoxy) is 1. The van der Waals surface area contributed by atoms with Crippen LogP contribution < -0.4 is 4.74 Å². The van der Waals surface area contributed by atoms with Gasteiger partial charge in [-0.05, 0) is 23.6 Å². The minimum atomic E-state index is 0.233. The minimum Gasteiger partial charge on any atom is -0.496 e. The summed E-state index contributed by atoms with van der Waals surface area (Å²) < 4.78 is 10.6. The first-order valence-corrected chi connectivity index (χ1v) is 6.17. The zero-order valence-electron chi connectivity index (χ0n) is 11.6. The summed E-state index contributed by atoms with van der Waals surface area (Å²) in [4.78, 5) is 15.3. The summed E-state index contributed by atoms with van der Waals surface area (Å²) in [6, 6.07) is 5.90. The minimum absolute atomic E-state index is 0.233. The lowest BCUT2D eigenvalue weighted by Crippen LogP contribution is -1.94. The second-order valence-corrected chi connectivity index (χ2v) is 4.68. The molecule has 0 N–H and O–H groups in total. The van der Waals surface area contributed by atoms with Crippen molar-refractivity contribution in [2.24, 2.45) is 0 Å². The Kier molecular flexibility index (Phi) is 3.69. The van der Waals surface area contributed by atoms with Crippen molar-refractivity contribution in [1.29, 1.82) is 0 Å². The molecule has 0 radical (unpaired) electrons. The maximum absolute atomic E-state index is 11.1. The molecule has 19 heavy (non-hydrogen) atoms. The van der Waals surface area contributed by atoms with Crippen LogP contribution >= 0.6 is 0 Å². The number of carbonyl (C=O) groups is 1. The van der Waals surface area contributed by atoms with Crippen molar-refractivity contribution in [1.82, 2.24) is 4.98 Å². The second kappa shape index (κ2) is 5.26. The predicted octanol–water partition coefficient (Wildman–Crippen LogP) is 3.59. The van der Waals surface area contributed by atoms with Crippen molar-refractivity contribution >= 4 is 6.29 Å². The van der Waals surface area contributed by atoms with Crippen LogP contribution in [0.3, 0.4) is 0 Å². The Labute approximate surface area is 112 Å². The highest BCUT2D eigenvalue weighted by Crippen LogP contribution is 2.34. The van der Waals surface area contributed by atoms with Gasteiger partial charge in [-0.1, -0.05) is 19.9 Å². The van der Waals surface area contributed by atoms with Gasteiger partial charge >= 0.3 is 0 Å². The molecule has 0 atom stereocenters. The van der Waals surface area contributed by atoms with Gasteiger partial charge in [0.1, 0.15) is 11.4 Å². The second-order valence-electron chi connectivity index (χ2n) is 4.68. The zero-order chi connectivity index (χ0) is 14.0. The van der Waals surface area contributed by atoms with Crippen molar-refractivity contribution < 1.29 is 13.9 Å². The van der Waals surface area contributed by atoms with Crippen LogP contribution in [0.5, 0.6) is 5.75 Å². The Morgan fingerprint density at radius 2 is 2.11 bits per heavy atom. The zero-order valence-corrected chi connectivity index (χ0v) is 11.6. The van der Waals surface area contributed by atoms with E-state index in [2.05, 4.69) is 18.8 Å². The van der Waals surface area contributed by atoms with Gasteiger partial charge in [-0.3, -0.25) is 4.79 Å². The molecule has 0 amide bonds. The molecule has 4 heteroatoms. The molecular weight excluding hydrogens is 242 g/mol. The molecule has 0 saturated heterocycles. The monoisotopic (exact) mass is 259 g/mol. The molecule has 2 rings (SSSR count). The highest BCUT2D eigenvalue weighted by Gasteiger charge is 2.17. The summed E-state index contributed by atoms with van der Waals surface area (Å²) >= 11 is 0. The van der Waals surface area contributed by atoms with E-state index in [1.807, 2.05) is 18.2 Å². The number of benzene rings is 1. The largest absolute Gasteiger partial charge is 0.496 e. The van der Waals surface area contributed by atoms with Gasteiger partial charge in [-0.25, -0.2) is 4.98 Å². The SMILES string of the molecule is COc1ccc(C(C)C)cc1-c1nc(C)oc1C=O. The third-order valence-corrected chi connectivity index (χ3v) is 3.01. The summed E-state index contributed by atoms with van der Waals surface area (Å²) in [6.45, 7) is 5.94. The van der Waals surface area contributed by atoms with Gasteiger partial charge in [0.2, 0.25) is 0 Å². The van der Waals surface area contributed by atoms with E-state index in [0.717, 1.165) is 11.1 Å². The van der Waals surface area contributed by atoms with Crippen molar-refractivity contribution in [3.05, 3.63) is 35.4 Å². The smallest absolute Gasteiger partial charge is 0.195 e. The molecule has 0 unspecified atom stereocenters. The van der Waals surface area contributed by atoms with Crippen LogP contribution in [0.4, 0.5) is 0 Å². The lowest BCUT2D eigenvalue weighted by atomic mass is 9.98. The van der Waals surface area contributed by atoms with E-state index < -0.39 is 0 Å². The van der Waals surface area contributed by atoms with E-state index in [1.54, 1.807) is 14.0 Å². The molecule has 1 heterocycles. The predicted molar refractivity (Wildman–Crippen MR) is 72.7 cm³/mol. The molecule has 0 saturated carbocycles. The van der Waals surface area contributed by atoms with Crippen molar-refractivity contribution in [2.45, 2.75) is 26.7 Å². The molecule has 0 fully saturated rings. The van der Waals surface area contributed by atoms with E-state index in [-0.39, 0.29) is 5.76 Å². The molecule has 0 bridgehead atoms. The fraction of sp³-hybridized carbons (Fsp3) is 0.333. The number of aryl methyl sites for hydroxylation is 1. The number of hydrogen-bond donors (Lipinski definition) is 0. The van der Waals surface area contributed by atoms with Crippen molar-refractivity contribution in [3.8, 4) is 17.0 Å². The molecule has 1 aromatic heterocycles. The third kappa shape index (κ3) is 2.52. The standard InChI is InChI=1S/C15H17NO3/c1-9(2)11-5-6-13(18-4)12(7-11)15-14(8-17)19-10(3)16-15/h5-9H,1-4H3. The highest BCUT2D eigenvalue weighted by atomic mass is 16.5. The van der Waals surface area contributed by atoms with Gasteiger partial charge in [0.15, 0.2) is 17.9 Å². The van der Waals surface area contributed by atoms with E-state index in [4.69, 9.17) is 9.15 Å². The fourth-order valence-corrected chi connectivity index (χ4v) is 1.99. The Hall–Kier alpha value is -2.10. The average Bonchev–Trinajstić information content (AvgIpc) is 2.78. The first kappa shape index (κ1) is 13.3. The average molecular weight is 259 g/mol. The van der Waals surface area contributed by atoms with Crippen LogP contribution in [0.25, 0.3) is 11.3 Å². The number of rotatable bonds is 4. The molecule has 0 aliphatic carbocycles. The molecule has 1 aromatic carbocycles. The molecular formula is C15H17NO3. The highest BCUT2D eigenvalue weighted by molar-refractivity contribution is 5.84. The van der Waals surface area contributed by atoms with Crippen LogP contribution in [0.2, 0.25) is 0 Å². The van der Waals surface area contributed by atoms with Crippen LogP contribution in [0.1, 0.15) is 41.8 Å². The normalized spacial score (nSPS) is 10.8. The third-order valence-electron chi connectivity index (χ3n) is 3.01. The van der Waals surface area contributed by atoms with Gasteiger partial charge < -0.3 is 9.15 Å². The lowest BCUT2D eigenvalue weighted by Gasteiger charge is -2.11. The Bertz CT molecular complexity index is 599. The molecule has 0 aliphatic rings. The van der Waals surface area contributed by atoms with E-state index in [1.165, 1.54) is 0 Å². The summed E-state index contributed by atoms with van der Waals surface area (Å²) in [5.41, 5.74) is 2.48. The topological polar surface area (TPSA) is 52.3 Å². The van der Waals surface area contributed by atoms with Crippen LogP contribution in [-0.2, 0) is 0 Å². The van der Waals surface area contributed by atoms with Gasteiger partial charge in [-0.15, -0.1) is 0 Å². The summed E-state index contributed by atoms with van der Waals surface area (Å²) in [6.07, 6.45) is 0.677. The first-order chi connectivity index (χ1) is 9.06. The maximum atomic E-state index is 11.1. The van der Waals surface area contributed by atoms with Crippen molar-refractivity contribution in [3.63, 3.8) is 0 Å². The van der Waals surface area contributed by atoms with Crippen molar-refractivity contribution in [2.75, 3.05) is 7.11 Å². The molecule has 100 valence electrons. The quantitative estimate of drug-likeness (QED) is 0.787. The maximum Gasteiger partial charge on any atom is 0.195 e. The van der Waals surface area contributed by atoms with E-state index in [0.29, 0.717) is 29.5 Å². The summed E-state index contributed by atoms with van der Waals surface area (Å²) in [7, 11) is 1.60. The molecule has 0 aliphatic heterocycles. The molecule has 4 nitrogen and oxygen atoms in total.